The van der Waals surface area contributed by atoms with Crippen LogP contribution in [-0.2, 0) is 11.3 Å². The predicted octanol–water partition coefficient (Wildman–Crippen LogP) is -0.113. The molecule has 2 aromatic rings. The van der Waals surface area contributed by atoms with E-state index in [9.17, 15) is 4.79 Å². The third-order valence-electron chi connectivity index (χ3n) is 1.53. The number of hydrogen-bond donors (Lipinski definition) is 1. The topological polar surface area (TPSA) is 86.7 Å². The molecular weight excluding hydrogens is 202 g/mol. The van der Waals surface area contributed by atoms with Crippen molar-refractivity contribution in [2.45, 2.75) is 6.54 Å². The van der Waals surface area contributed by atoms with Crippen LogP contribution in [0.1, 0.15) is 0 Å². The second kappa shape index (κ2) is 3.54. The van der Waals surface area contributed by atoms with Crippen LogP contribution in [0.5, 0.6) is 0 Å². The third kappa shape index (κ3) is 1.77. The molecule has 7 heteroatoms. The molecule has 0 aliphatic rings. The number of nitrogens with two attached hydrogens (primary N) is 1. The molecule has 0 aliphatic carbocycles. The van der Waals surface area contributed by atoms with E-state index in [1.165, 1.54) is 4.80 Å². The molecule has 0 unspecified atom stereocenters. The summed E-state index contributed by atoms with van der Waals surface area (Å²) in [4.78, 5) is 11.7. The molecule has 0 saturated carbocycles. The molecular formula is C7H7N5OS. The molecule has 2 N–H and O–H groups in total. The molecule has 0 radical (unpaired) electrons. The van der Waals surface area contributed by atoms with E-state index in [1.54, 1.807) is 11.3 Å². The maximum atomic E-state index is 10.6. The first-order valence-corrected chi connectivity index (χ1v) is 4.78. The first-order chi connectivity index (χ1) is 6.75. The number of tetrazole rings is 1. The van der Waals surface area contributed by atoms with Gasteiger partial charge in [-0.2, -0.15) is 16.1 Å². The van der Waals surface area contributed by atoms with E-state index in [4.69, 9.17) is 5.73 Å². The van der Waals surface area contributed by atoms with Crippen molar-refractivity contribution in [3.8, 4) is 11.4 Å². The van der Waals surface area contributed by atoms with Crippen molar-refractivity contribution in [3.05, 3.63) is 16.8 Å². The van der Waals surface area contributed by atoms with Crippen molar-refractivity contribution in [1.29, 1.82) is 0 Å². The summed E-state index contributed by atoms with van der Waals surface area (Å²) in [6, 6.07) is 1.89. The van der Waals surface area contributed by atoms with Gasteiger partial charge in [0.2, 0.25) is 11.7 Å². The molecule has 1 amide bonds. The summed E-state index contributed by atoms with van der Waals surface area (Å²) in [5, 5.41) is 15.3. The Morgan fingerprint density at radius 2 is 2.50 bits per heavy atom. The molecule has 0 fully saturated rings. The zero-order chi connectivity index (χ0) is 9.97. The number of hydrogen-bond acceptors (Lipinski definition) is 5. The van der Waals surface area contributed by atoms with Crippen molar-refractivity contribution in [1.82, 2.24) is 20.2 Å². The van der Waals surface area contributed by atoms with Crippen LogP contribution in [0, 0.1) is 0 Å². The smallest absolute Gasteiger partial charge is 0.241 e. The highest BCUT2D eigenvalue weighted by atomic mass is 32.1. The van der Waals surface area contributed by atoms with Crippen LogP contribution in [0.2, 0.25) is 0 Å². The van der Waals surface area contributed by atoms with Crippen LogP contribution in [0.3, 0.4) is 0 Å². The minimum atomic E-state index is -0.487. The number of nitrogens with zero attached hydrogens (tertiary/aromatic N) is 4. The van der Waals surface area contributed by atoms with Crippen molar-refractivity contribution >= 4 is 17.2 Å². The molecule has 72 valence electrons. The van der Waals surface area contributed by atoms with E-state index in [0.29, 0.717) is 5.82 Å². The Kier molecular flexibility index (Phi) is 2.23. The lowest BCUT2D eigenvalue weighted by Gasteiger charge is -1.90. The number of rotatable bonds is 3. The van der Waals surface area contributed by atoms with Crippen LogP contribution in [0.25, 0.3) is 11.4 Å². The number of amides is 1. The SMILES string of the molecule is NC(=O)Cn1nnc(-c2ccsc2)n1. The Morgan fingerprint density at radius 3 is 3.14 bits per heavy atom. The van der Waals surface area contributed by atoms with Gasteiger partial charge in [-0.05, 0) is 16.7 Å². The maximum absolute atomic E-state index is 10.6. The number of carbonyl (C=O) groups is 1. The van der Waals surface area contributed by atoms with Crippen LogP contribution >= 0.6 is 11.3 Å². The van der Waals surface area contributed by atoms with Crippen LogP contribution in [-0.4, -0.2) is 26.1 Å². The average Bonchev–Trinajstić information content (AvgIpc) is 2.69. The average molecular weight is 209 g/mol. The monoisotopic (exact) mass is 209 g/mol. The lowest BCUT2D eigenvalue weighted by atomic mass is 10.3. The maximum Gasteiger partial charge on any atom is 0.241 e. The normalized spacial score (nSPS) is 10.3. The fourth-order valence-electron chi connectivity index (χ4n) is 0.957. The van der Waals surface area contributed by atoms with Crippen LogP contribution in [0.15, 0.2) is 16.8 Å². The van der Waals surface area contributed by atoms with Gasteiger partial charge in [-0.1, -0.05) is 0 Å². The van der Waals surface area contributed by atoms with Gasteiger partial charge in [0.25, 0.3) is 0 Å². The highest BCUT2D eigenvalue weighted by Gasteiger charge is 2.06. The van der Waals surface area contributed by atoms with Gasteiger partial charge in [-0.25, -0.2) is 0 Å². The van der Waals surface area contributed by atoms with E-state index in [1.807, 2.05) is 16.8 Å². The molecule has 0 saturated heterocycles. The van der Waals surface area contributed by atoms with Gasteiger partial charge in [0.1, 0.15) is 6.54 Å². The molecule has 0 spiro atoms. The van der Waals surface area contributed by atoms with E-state index < -0.39 is 5.91 Å². The zero-order valence-electron chi connectivity index (χ0n) is 7.12. The van der Waals surface area contributed by atoms with Gasteiger partial charge in [-0.15, -0.1) is 10.2 Å². The van der Waals surface area contributed by atoms with Gasteiger partial charge in [0.05, 0.1) is 0 Å². The largest absolute Gasteiger partial charge is 0.368 e. The van der Waals surface area contributed by atoms with E-state index in [-0.39, 0.29) is 6.54 Å². The van der Waals surface area contributed by atoms with Crippen molar-refractivity contribution in [2.75, 3.05) is 0 Å². The number of aromatic nitrogens is 4. The van der Waals surface area contributed by atoms with E-state index in [0.717, 1.165) is 5.56 Å². The number of thiophene rings is 1. The standard InChI is InChI=1S/C7H7N5OS/c8-6(13)3-12-10-7(9-11-12)5-1-2-14-4-5/h1-2,4H,3H2,(H2,8,13). The summed E-state index contributed by atoms with van der Waals surface area (Å²) in [5.41, 5.74) is 5.88. The fourth-order valence-corrected chi connectivity index (χ4v) is 1.59. The minimum absolute atomic E-state index is 0.0445. The van der Waals surface area contributed by atoms with Gasteiger partial charge >= 0.3 is 0 Å². The molecule has 0 atom stereocenters. The van der Waals surface area contributed by atoms with Gasteiger partial charge in [-0.3, -0.25) is 4.79 Å². The van der Waals surface area contributed by atoms with Gasteiger partial charge in [0, 0.05) is 10.9 Å². The predicted molar refractivity (Wildman–Crippen MR) is 50.3 cm³/mol. The number of carbonyl (C=O) groups excluding carboxylic acids is 1. The summed E-state index contributed by atoms with van der Waals surface area (Å²) in [7, 11) is 0. The first kappa shape index (κ1) is 8.82. The molecule has 2 rings (SSSR count). The third-order valence-corrected chi connectivity index (χ3v) is 2.21. The fraction of sp³-hybridized carbons (Fsp3) is 0.143. The Balaban J connectivity index is 2.22. The summed E-state index contributed by atoms with van der Waals surface area (Å²) < 4.78 is 0. The lowest BCUT2D eigenvalue weighted by molar-refractivity contribution is -0.118. The van der Waals surface area contributed by atoms with Crippen molar-refractivity contribution in [2.24, 2.45) is 5.73 Å². The summed E-state index contributed by atoms with van der Waals surface area (Å²) in [5.74, 6) is 0.0202. The van der Waals surface area contributed by atoms with Crippen molar-refractivity contribution < 1.29 is 4.79 Å². The second-order valence-electron chi connectivity index (χ2n) is 2.62. The van der Waals surface area contributed by atoms with E-state index in [2.05, 4.69) is 15.4 Å². The van der Waals surface area contributed by atoms with E-state index >= 15 is 0 Å². The molecule has 6 nitrogen and oxygen atoms in total. The highest BCUT2D eigenvalue weighted by Crippen LogP contribution is 2.16. The molecule has 0 aliphatic heterocycles. The summed E-state index contributed by atoms with van der Waals surface area (Å²) >= 11 is 1.55. The van der Waals surface area contributed by atoms with Crippen molar-refractivity contribution in [3.63, 3.8) is 0 Å². The molecule has 14 heavy (non-hydrogen) atoms. The first-order valence-electron chi connectivity index (χ1n) is 3.84. The minimum Gasteiger partial charge on any atom is -0.368 e. The lowest BCUT2D eigenvalue weighted by Crippen LogP contribution is -2.20. The van der Waals surface area contributed by atoms with Gasteiger partial charge in [0.15, 0.2) is 0 Å². The van der Waals surface area contributed by atoms with Gasteiger partial charge < -0.3 is 5.73 Å². The number of primary amides is 1. The second-order valence-corrected chi connectivity index (χ2v) is 3.40. The molecule has 2 aromatic heterocycles. The Hall–Kier alpha value is -1.76. The molecule has 0 aromatic carbocycles. The Morgan fingerprint density at radius 1 is 1.64 bits per heavy atom. The van der Waals surface area contributed by atoms with Crippen LogP contribution < -0.4 is 5.73 Å². The van der Waals surface area contributed by atoms with Crippen LogP contribution in [0.4, 0.5) is 0 Å². The quantitative estimate of drug-likeness (QED) is 0.763. The highest BCUT2D eigenvalue weighted by molar-refractivity contribution is 7.08. The Labute approximate surface area is 83.3 Å². The summed E-state index contributed by atoms with van der Waals surface area (Å²) in [6.45, 7) is -0.0445. The molecule has 2 heterocycles. The summed E-state index contributed by atoms with van der Waals surface area (Å²) in [6.07, 6.45) is 0. The zero-order valence-corrected chi connectivity index (χ0v) is 7.94. The molecule has 0 bridgehead atoms. The Bertz CT molecular complexity index is 435.